The van der Waals surface area contributed by atoms with Crippen LogP contribution in [0.25, 0.3) is 0 Å². The van der Waals surface area contributed by atoms with Crippen molar-refractivity contribution in [1.82, 2.24) is 15.2 Å². The number of rotatable bonds is 7. The van der Waals surface area contributed by atoms with Gasteiger partial charge in [0.1, 0.15) is 0 Å². The van der Waals surface area contributed by atoms with E-state index in [0.717, 1.165) is 19.5 Å². The maximum atomic E-state index is 11.6. The van der Waals surface area contributed by atoms with Crippen LogP contribution in [-0.2, 0) is 4.79 Å². The van der Waals surface area contributed by atoms with E-state index in [1.807, 2.05) is 21.0 Å². The summed E-state index contributed by atoms with van der Waals surface area (Å²) in [5, 5.41) is 0. The first-order valence-electron chi connectivity index (χ1n) is 5.88. The third-order valence-corrected chi connectivity index (χ3v) is 2.79. The van der Waals surface area contributed by atoms with Gasteiger partial charge in [0.05, 0.1) is 6.04 Å². The number of hydrogen-bond acceptors (Lipinski definition) is 4. The molecule has 5 nitrogen and oxygen atoms in total. The number of hydrogen-bond donors (Lipinski definition) is 2. The number of carbonyl (C=O) groups is 1. The predicted molar refractivity (Wildman–Crippen MR) is 66.8 cm³/mol. The molecule has 0 spiro atoms. The van der Waals surface area contributed by atoms with Crippen LogP contribution >= 0.6 is 0 Å². The van der Waals surface area contributed by atoms with E-state index in [-0.39, 0.29) is 11.9 Å². The summed E-state index contributed by atoms with van der Waals surface area (Å²) in [6, 6.07) is 0.201. The average molecular weight is 230 g/mol. The van der Waals surface area contributed by atoms with Crippen LogP contribution in [0, 0.1) is 0 Å². The highest BCUT2D eigenvalue weighted by Gasteiger charge is 2.26. The summed E-state index contributed by atoms with van der Waals surface area (Å²) < 4.78 is 0. The van der Waals surface area contributed by atoms with Gasteiger partial charge < -0.3 is 4.90 Å². The van der Waals surface area contributed by atoms with Gasteiger partial charge in [-0.15, -0.1) is 0 Å². The Hall–Kier alpha value is -0.650. The van der Waals surface area contributed by atoms with E-state index in [2.05, 4.69) is 29.1 Å². The summed E-state index contributed by atoms with van der Waals surface area (Å²) in [6.45, 7) is 7.99. The van der Waals surface area contributed by atoms with Crippen LogP contribution in [0.5, 0.6) is 0 Å². The molecule has 0 saturated carbocycles. The lowest BCUT2D eigenvalue weighted by Crippen LogP contribution is -2.53. The van der Waals surface area contributed by atoms with Gasteiger partial charge in [0.2, 0.25) is 0 Å². The number of carbonyl (C=O) groups excluding carboxylic acids is 1. The van der Waals surface area contributed by atoms with E-state index >= 15 is 0 Å². The number of nitrogens with zero attached hydrogens (tertiary/aromatic N) is 2. The fourth-order valence-electron chi connectivity index (χ4n) is 2.14. The van der Waals surface area contributed by atoms with E-state index in [4.69, 9.17) is 5.84 Å². The lowest BCUT2D eigenvalue weighted by molar-refractivity contribution is -0.127. The minimum Gasteiger partial charge on any atom is -0.308 e. The predicted octanol–water partition coefficient (Wildman–Crippen LogP) is 0.0269. The Morgan fingerprint density at radius 3 is 2.25 bits per heavy atom. The summed E-state index contributed by atoms with van der Waals surface area (Å²) in [5.74, 6) is 5.10. The molecule has 96 valence electrons. The fraction of sp³-hybridized carbons (Fsp3) is 0.909. The molecule has 3 N–H and O–H groups in total. The minimum atomic E-state index is -0.134. The molecule has 0 aliphatic heterocycles. The van der Waals surface area contributed by atoms with Crippen LogP contribution in [0.15, 0.2) is 0 Å². The molecular formula is C11H26N4O. The van der Waals surface area contributed by atoms with Gasteiger partial charge in [-0.2, -0.15) is 0 Å². The number of nitrogens with one attached hydrogen (secondary N) is 1. The molecule has 0 aliphatic rings. The van der Waals surface area contributed by atoms with Crippen LogP contribution in [0.3, 0.4) is 0 Å². The Balaban J connectivity index is 4.60. The van der Waals surface area contributed by atoms with Crippen LogP contribution in [0.4, 0.5) is 0 Å². The molecule has 2 unspecified atom stereocenters. The van der Waals surface area contributed by atoms with Crippen molar-refractivity contribution in [3.8, 4) is 0 Å². The summed E-state index contributed by atoms with van der Waals surface area (Å²) in [4.78, 5) is 16.0. The first kappa shape index (κ1) is 15.3. The van der Waals surface area contributed by atoms with Crippen molar-refractivity contribution in [2.75, 3.05) is 27.2 Å². The van der Waals surface area contributed by atoms with Crippen LogP contribution in [0.2, 0.25) is 0 Å². The van der Waals surface area contributed by atoms with E-state index in [1.54, 1.807) is 0 Å². The van der Waals surface area contributed by atoms with Crippen LogP contribution < -0.4 is 11.3 Å². The van der Waals surface area contributed by atoms with Crippen molar-refractivity contribution >= 4 is 5.91 Å². The third-order valence-electron chi connectivity index (χ3n) is 2.79. The summed E-state index contributed by atoms with van der Waals surface area (Å²) in [6.07, 6.45) is 0.772. The standard InChI is InChI=1S/C11H26N4O/c1-6-10(11(16)13-12)15(7-2)9(3)8-14(4)5/h9-10H,6-8,12H2,1-5H3,(H,13,16). The van der Waals surface area contributed by atoms with E-state index in [0.29, 0.717) is 6.04 Å². The van der Waals surface area contributed by atoms with Gasteiger partial charge in [0.25, 0.3) is 5.91 Å². The maximum Gasteiger partial charge on any atom is 0.251 e. The minimum absolute atomic E-state index is 0.102. The quantitative estimate of drug-likeness (QED) is 0.368. The zero-order valence-corrected chi connectivity index (χ0v) is 11.2. The molecule has 0 heterocycles. The molecule has 0 fully saturated rings. The van der Waals surface area contributed by atoms with E-state index in [9.17, 15) is 4.79 Å². The smallest absolute Gasteiger partial charge is 0.251 e. The van der Waals surface area contributed by atoms with Gasteiger partial charge in [-0.05, 0) is 34.0 Å². The van der Waals surface area contributed by atoms with Crippen molar-refractivity contribution in [1.29, 1.82) is 0 Å². The summed E-state index contributed by atoms with van der Waals surface area (Å²) >= 11 is 0. The average Bonchev–Trinajstić information content (AvgIpc) is 2.23. The van der Waals surface area contributed by atoms with Gasteiger partial charge in [0.15, 0.2) is 0 Å². The normalized spacial score (nSPS) is 15.2. The number of amides is 1. The Morgan fingerprint density at radius 1 is 1.38 bits per heavy atom. The van der Waals surface area contributed by atoms with Crippen LogP contribution in [0.1, 0.15) is 27.2 Å². The highest BCUT2D eigenvalue weighted by atomic mass is 16.2. The summed E-state index contributed by atoms with van der Waals surface area (Å²) in [5.41, 5.74) is 2.24. The first-order chi connectivity index (χ1) is 7.47. The third kappa shape index (κ3) is 4.47. The molecule has 0 radical (unpaired) electrons. The molecule has 2 atom stereocenters. The monoisotopic (exact) mass is 230 g/mol. The second-order valence-electron chi connectivity index (χ2n) is 4.37. The molecule has 0 bridgehead atoms. The molecule has 0 aliphatic carbocycles. The second kappa shape index (κ2) is 7.60. The van der Waals surface area contributed by atoms with Crippen molar-refractivity contribution in [2.45, 2.75) is 39.3 Å². The molecule has 0 rings (SSSR count). The zero-order valence-electron chi connectivity index (χ0n) is 11.2. The van der Waals surface area contributed by atoms with Crippen LogP contribution in [-0.4, -0.2) is 55.0 Å². The highest BCUT2D eigenvalue weighted by molar-refractivity contribution is 5.81. The lowest BCUT2D eigenvalue weighted by Gasteiger charge is -2.35. The highest BCUT2D eigenvalue weighted by Crippen LogP contribution is 2.09. The van der Waals surface area contributed by atoms with Crippen molar-refractivity contribution in [2.24, 2.45) is 5.84 Å². The first-order valence-corrected chi connectivity index (χ1v) is 5.88. The molecule has 0 aromatic heterocycles. The van der Waals surface area contributed by atoms with Crippen molar-refractivity contribution < 1.29 is 4.79 Å². The van der Waals surface area contributed by atoms with Gasteiger partial charge in [-0.1, -0.05) is 13.8 Å². The lowest BCUT2D eigenvalue weighted by atomic mass is 10.1. The van der Waals surface area contributed by atoms with Gasteiger partial charge in [0, 0.05) is 12.6 Å². The van der Waals surface area contributed by atoms with Crippen molar-refractivity contribution in [3.05, 3.63) is 0 Å². The summed E-state index contributed by atoms with van der Waals surface area (Å²) in [7, 11) is 4.07. The number of nitrogens with two attached hydrogens (primary N) is 1. The molecule has 16 heavy (non-hydrogen) atoms. The second-order valence-corrected chi connectivity index (χ2v) is 4.37. The maximum absolute atomic E-state index is 11.6. The number of likely N-dealkylation sites (N-methyl/N-ethyl adjacent to an activating group) is 2. The molecule has 0 aromatic rings. The SMILES string of the molecule is CCC(C(=O)NN)N(CC)C(C)CN(C)C. The molecule has 1 amide bonds. The molecule has 0 saturated heterocycles. The van der Waals surface area contributed by atoms with E-state index in [1.165, 1.54) is 0 Å². The Bertz CT molecular complexity index is 208. The Kier molecular flexibility index (Phi) is 7.29. The van der Waals surface area contributed by atoms with Gasteiger partial charge in [-0.3, -0.25) is 15.1 Å². The Morgan fingerprint density at radius 2 is 1.94 bits per heavy atom. The largest absolute Gasteiger partial charge is 0.308 e. The van der Waals surface area contributed by atoms with E-state index < -0.39 is 0 Å². The molecule has 0 aromatic carbocycles. The Labute approximate surface area is 98.9 Å². The number of hydrazine groups is 1. The fourth-order valence-corrected chi connectivity index (χ4v) is 2.14. The van der Waals surface area contributed by atoms with Gasteiger partial charge >= 0.3 is 0 Å². The molecular weight excluding hydrogens is 204 g/mol. The van der Waals surface area contributed by atoms with Gasteiger partial charge in [-0.25, -0.2) is 5.84 Å². The molecule has 5 heteroatoms. The topological polar surface area (TPSA) is 61.6 Å². The zero-order chi connectivity index (χ0) is 12.7. The van der Waals surface area contributed by atoms with Crippen molar-refractivity contribution in [3.63, 3.8) is 0 Å².